The monoisotopic (exact) mass is 714 g/mol. The zero-order valence-corrected chi connectivity index (χ0v) is 25.3. The fourth-order valence-corrected chi connectivity index (χ4v) is 4.93. The van der Waals surface area contributed by atoms with Gasteiger partial charge < -0.3 is 11.8 Å². The van der Waals surface area contributed by atoms with E-state index in [0.717, 1.165) is 40.1 Å². The summed E-state index contributed by atoms with van der Waals surface area (Å²) in [6.07, 6.45) is 3.71. The molecule has 0 atom stereocenters. The largest absolute Gasteiger partial charge is 1.00 e. The van der Waals surface area contributed by atoms with Crippen molar-refractivity contribution in [3.05, 3.63) is 83.7 Å². The Balaban J connectivity index is 0.000000289. The maximum absolute atomic E-state index is 8.64. The number of benzene rings is 2. The molecule has 0 aliphatic rings. The van der Waals surface area contributed by atoms with E-state index in [2.05, 4.69) is 61.2 Å². The average molecular weight is 716 g/mol. The van der Waals surface area contributed by atoms with Gasteiger partial charge >= 0.3 is 29.6 Å². The third-order valence-corrected chi connectivity index (χ3v) is 6.33. The molecule has 2 heterocycles. The van der Waals surface area contributed by atoms with Crippen molar-refractivity contribution >= 4 is 102 Å². The summed E-state index contributed by atoms with van der Waals surface area (Å²) in [6.45, 7) is 4.75. The number of hydrogen-bond acceptors (Lipinski definition) is 4. The van der Waals surface area contributed by atoms with Crippen LogP contribution in [0.4, 0.5) is 0 Å². The Morgan fingerprint density at radius 2 is 1.25 bits per heavy atom. The van der Waals surface area contributed by atoms with Crippen LogP contribution in [0, 0.1) is 30.3 Å². The van der Waals surface area contributed by atoms with Crippen LogP contribution in [0.2, 0.25) is 10.0 Å². The molecule has 156 valence electrons. The number of rotatable bonds is 2. The first-order chi connectivity index (χ1) is 14.9. The summed E-state index contributed by atoms with van der Waals surface area (Å²) in [5.74, 6) is 0.512. The van der Waals surface area contributed by atoms with E-state index in [9.17, 15) is 0 Å². The molecule has 0 saturated carbocycles. The van der Waals surface area contributed by atoms with Crippen LogP contribution in [0.3, 0.4) is 0 Å². The van der Waals surface area contributed by atoms with Crippen LogP contribution < -0.4 is 29.6 Å². The minimum Gasteiger partial charge on any atom is -0.512 e. The van der Waals surface area contributed by atoms with Gasteiger partial charge in [0.2, 0.25) is 0 Å². The van der Waals surface area contributed by atoms with Crippen LogP contribution in [0.25, 0.3) is 21.8 Å². The fraction of sp³-hybridized carbons (Fsp3) is 0.0909. The Morgan fingerprint density at radius 3 is 1.69 bits per heavy atom. The van der Waals surface area contributed by atoms with E-state index < -0.39 is 0 Å². The molecule has 4 rings (SSSR count). The summed E-state index contributed by atoms with van der Waals surface area (Å²) in [4.78, 5) is 8.53. The summed E-state index contributed by atoms with van der Waals surface area (Å²) in [7, 11) is 0. The van der Waals surface area contributed by atoms with Crippen molar-refractivity contribution in [2.45, 2.75) is 12.3 Å². The molecular weight excluding hydrogens is 703 g/mol. The molecule has 0 spiro atoms. The van der Waals surface area contributed by atoms with Crippen molar-refractivity contribution in [1.29, 1.82) is 10.5 Å². The predicted molar refractivity (Wildman–Crippen MR) is 143 cm³/mol. The van der Waals surface area contributed by atoms with E-state index in [1.807, 2.05) is 36.4 Å². The summed E-state index contributed by atoms with van der Waals surface area (Å²) >= 11 is 22.0. The van der Waals surface area contributed by atoms with Crippen molar-refractivity contribution < 1.29 is 29.6 Å². The van der Waals surface area contributed by atoms with Crippen molar-refractivity contribution in [1.82, 2.24) is 9.97 Å². The smallest absolute Gasteiger partial charge is 0.512 e. The number of fused-ring (bicyclic) bond motifs is 2. The molecule has 0 fully saturated rings. The van der Waals surface area contributed by atoms with E-state index in [1.54, 1.807) is 12.4 Å². The minimum absolute atomic E-state index is 0. The van der Waals surface area contributed by atoms with Crippen LogP contribution in [0.1, 0.15) is 11.1 Å². The van der Waals surface area contributed by atoms with Crippen LogP contribution >= 0.6 is 80.0 Å². The van der Waals surface area contributed by atoms with Gasteiger partial charge in [-0.05, 0) is 92.7 Å². The van der Waals surface area contributed by atoms with E-state index in [-0.39, 0.29) is 29.6 Å². The van der Waals surface area contributed by atoms with Gasteiger partial charge in [0.15, 0.2) is 0 Å². The number of nitriles is 1. The van der Waals surface area contributed by atoms with Gasteiger partial charge in [-0.25, -0.2) is 0 Å². The second-order valence-electron chi connectivity index (χ2n) is 6.07. The van der Waals surface area contributed by atoms with E-state index in [1.165, 1.54) is 0 Å². The quantitative estimate of drug-likeness (QED) is 0.128. The molecule has 0 N–H and O–H groups in total. The Labute approximate surface area is 250 Å². The van der Waals surface area contributed by atoms with Gasteiger partial charge in [0.25, 0.3) is 0 Å². The molecule has 0 aliphatic heterocycles. The number of pyridine rings is 2. The van der Waals surface area contributed by atoms with Gasteiger partial charge in [-0.3, -0.25) is 9.97 Å². The standard InChI is InChI=1S/C11H6ClIN2.C10H6Cl2IN.CN.Na/c12-9-5-8-3-7(1-2-14)4-10(13)11(8)15-6-9;11-4-6-1-7-3-8(12)5-14-10(7)9(13)2-6;1-2;/h3-6H,1H2;1-3,5H,4H2;;/q;;-1;+1. The molecule has 0 aliphatic carbocycles. The van der Waals surface area contributed by atoms with Gasteiger partial charge in [0, 0.05) is 36.2 Å². The molecule has 0 bridgehead atoms. The van der Waals surface area contributed by atoms with Crippen LogP contribution in [-0.4, -0.2) is 9.97 Å². The number of alkyl halides is 1. The fourth-order valence-electron chi connectivity index (χ4n) is 2.74. The van der Waals surface area contributed by atoms with E-state index in [4.69, 9.17) is 51.9 Å². The summed E-state index contributed by atoms with van der Waals surface area (Å²) in [5, 5.41) is 18.2. The summed E-state index contributed by atoms with van der Waals surface area (Å²) < 4.78 is 2.15. The van der Waals surface area contributed by atoms with Gasteiger partial charge in [-0.15, -0.1) is 11.6 Å². The first-order valence-corrected chi connectivity index (χ1v) is 12.0. The van der Waals surface area contributed by atoms with Crippen LogP contribution in [0.15, 0.2) is 48.8 Å². The molecule has 4 aromatic rings. The van der Waals surface area contributed by atoms with Crippen molar-refractivity contribution in [3.63, 3.8) is 0 Å². The van der Waals surface area contributed by atoms with Gasteiger partial charge in [0.1, 0.15) is 0 Å². The number of halogens is 5. The minimum atomic E-state index is 0. The molecule has 2 aromatic heterocycles. The molecule has 0 radical (unpaired) electrons. The molecule has 32 heavy (non-hydrogen) atoms. The molecule has 10 heteroatoms. The Hall–Kier alpha value is -0.430. The van der Waals surface area contributed by atoms with E-state index >= 15 is 0 Å². The molecule has 0 unspecified atom stereocenters. The van der Waals surface area contributed by atoms with Crippen molar-refractivity contribution in [2.24, 2.45) is 0 Å². The van der Waals surface area contributed by atoms with Crippen molar-refractivity contribution in [2.75, 3.05) is 0 Å². The third kappa shape index (κ3) is 8.11. The Kier molecular flexibility index (Phi) is 13.6. The van der Waals surface area contributed by atoms with Crippen LogP contribution in [-0.2, 0) is 12.3 Å². The second kappa shape index (κ2) is 14.7. The zero-order valence-electron chi connectivity index (χ0n) is 16.7. The Morgan fingerprint density at radius 1 is 0.812 bits per heavy atom. The second-order valence-corrected chi connectivity index (χ2v) is 9.54. The first kappa shape index (κ1) is 29.6. The molecule has 2 aromatic carbocycles. The average Bonchev–Trinajstić information content (AvgIpc) is 2.75. The molecule has 0 amide bonds. The van der Waals surface area contributed by atoms with Gasteiger partial charge in [-0.2, -0.15) is 5.26 Å². The number of hydrogen-bond donors (Lipinski definition) is 0. The van der Waals surface area contributed by atoms with Crippen molar-refractivity contribution in [3.8, 4) is 6.07 Å². The topological polar surface area (TPSA) is 73.4 Å². The normalized spacial score (nSPS) is 9.56. The van der Waals surface area contributed by atoms with Crippen LogP contribution in [0.5, 0.6) is 0 Å². The number of aromatic nitrogens is 2. The molecule has 4 nitrogen and oxygen atoms in total. The SMILES string of the molecule is ClCc1cc(I)c2ncc(Cl)cc2c1.N#CCc1cc(I)c2ncc(Cl)cc2c1.[C-]#N.[Na+]. The van der Waals surface area contributed by atoms with Gasteiger partial charge in [0.05, 0.1) is 33.6 Å². The maximum atomic E-state index is 8.64. The zero-order chi connectivity index (χ0) is 23.0. The third-order valence-electron chi connectivity index (χ3n) is 3.96. The summed E-state index contributed by atoms with van der Waals surface area (Å²) in [6, 6.07) is 13.9. The van der Waals surface area contributed by atoms with Gasteiger partial charge in [-0.1, -0.05) is 23.2 Å². The number of nitrogens with zero attached hydrogens (tertiary/aromatic N) is 4. The molecule has 0 saturated heterocycles. The Bertz CT molecular complexity index is 1290. The first-order valence-electron chi connectivity index (χ1n) is 8.54. The maximum Gasteiger partial charge on any atom is 1.00 e. The molecular formula is C22H12Cl3I2N4Na. The summed E-state index contributed by atoms with van der Waals surface area (Å²) in [5.41, 5.74) is 4.00. The predicted octanol–water partition coefficient (Wildman–Crippen LogP) is 4.89. The van der Waals surface area contributed by atoms with E-state index in [0.29, 0.717) is 22.3 Å².